The second-order valence-electron chi connectivity index (χ2n) is 5.31. The second-order valence-corrected chi connectivity index (χ2v) is 5.31. The highest BCUT2D eigenvalue weighted by atomic mass is 16.6. The molecular weight excluding hydrogens is 264 g/mol. The molecule has 20 heavy (non-hydrogen) atoms. The number of amides is 2. The molecule has 0 fully saturated rings. The lowest BCUT2D eigenvalue weighted by molar-refractivity contribution is -0.143. The number of nitrogens with one attached hydrogen (secondary N) is 1. The van der Waals surface area contributed by atoms with E-state index in [0.29, 0.717) is 13.1 Å². The summed E-state index contributed by atoms with van der Waals surface area (Å²) in [5, 5.41) is 11.3. The number of carbonyl (C=O) groups excluding carboxylic acids is 2. The third-order valence-electron chi connectivity index (χ3n) is 2.48. The van der Waals surface area contributed by atoms with E-state index in [2.05, 4.69) is 5.32 Å². The quantitative estimate of drug-likeness (QED) is 0.766. The molecule has 0 spiro atoms. The van der Waals surface area contributed by atoms with Gasteiger partial charge in [0.05, 0.1) is 6.42 Å². The summed E-state index contributed by atoms with van der Waals surface area (Å²) in [4.78, 5) is 36.0. The molecule has 2 amide bonds. The molecule has 0 aromatic heterocycles. The Morgan fingerprint density at radius 2 is 1.70 bits per heavy atom. The molecule has 0 aromatic rings. The van der Waals surface area contributed by atoms with Crippen molar-refractivity contribution in [2.24, 2.45) is 0 Å². The number of carbonyl (C=O) groups is 3. The molecule has 0 heterocycles. The summed E-state index contributed by atoms with van der Waals surface area (Å²) >= 11 is 0. The normalized spacial score (nSPS) is 12.4. The van der Waals surface area contributed by atoms with Crippen molar-refractivity contribution in [2.75, 3.05) is 13.1 Å². The minimum Gasteiger partial charge on any atom is -0.480 e. The number of ether oxygens (including phenoxy) is 1. The summed E-state index contributed by atoms with van der Waals surface area (Å²) in [6.07, 6.45) is -1.15. The fraction of sp³-hybridized carbons (Fsp3) is 0.769. The van der Waals surface area contributed by atoms with E-state index in [1.165, 1.54) is 4.90 Å². The van der Waals surface area contributed by atoms with Crippen molar-refractivity contribution >= 4 is 18.0 Å². The zero-order valence-corrected chi connectivity index (χ0v) is 12.7. The lowest BCUT2D eigenvalue weighted by Crippen LogP contribution is -2.46. The first-order valence-corrected chi connectivity index (χ1v) is 6.60. The Bertz CT molecular complexity index is 358. The first-order valence-electron chi connectivity index (χ1n) is 6.60. The zero-order valence-electron chi connectivity index (χ0n) is 12.7. The van der Waals surface area contributed by atoms with E-state index in [1.807, 2.05) is 0 Å². The maximum absolute atomic E-state index is 11.9. The Labute approximate surface area is 119 Å². The molecule has 0 rings (SSSR count). The number of nitrogens with zero attached hydrogens (tertiary/aromatic N) is 1. The lowest BCUT2D eigenvalue weighted by atomic mass is 10.2. The molecule has 0 radical (unpaired) electrons. The van der Waals surface area contributed by atoms with Gasteiger partial charge in [-0.15, -0.1) is 0 Å². The van der Waals surface area contributed by atoms with Crippen LogP contribution in [0, 0.1) is 0 Å². The molecule has 0 unspecified atom stereocenters. The topological polar surface area (TPSA) is 95.9 Å². The minimum atomic E-state index is -1.29. The molecule has 0 aliphatic rings. The predicted octanol–water partition coefficient (Wildman–Crippen LogP) is 1.22. The smallest absolute Gasteiger partial charge is 0.408 e. The van der Waals surface area contributed by atoms with Gasteiger partial charge < -0.3 is 20.1 Å². The average molecular weight is 288 g/mol. The molecular formula is C13H24N2O5. The van der Waals surface area contributed by atoms with Crippen molar-refractivity contribution in [3.63, 3.8) is 0 Å². The maximum Gasteiger partial charge on any atom is 0.408 e. The van der Waals surface area contributed by atoms with Crippen LogP contribution < -0.4 is 5.32 Å². The first kappa shape index (κ1) is 18.2. The van der Waals surface area contributed by atoms with Gasteiger partial charge >= 0.3 is 12.1 Å². The van der Waals surface area contributed by atoms with Crippen molar-refractivity contribution in [3.05, 3.63) is 0 Å². The van der Waals surface area contributed by atoms with Crippen LogP contribution in [0.2, 0.25) is 0 Å². The molecule has 7 heteroatoms. The molecule has 0 aliphatic heterocycles. The van der Waals surface area contributed by atoms with Crippen LogP contribution in [0.3, 0.4) is 0 Å². The largest absolute Gasteiger partial charge is 0.480 e. The number of alkyl carbamates (subject to hydrolysis) is 1. The monoisotopic (exact) mass is 288 g/mol. The van der Waals surface area contributed by atoms with Gasteiger partial charge in [0, 0.05) is 13.1 Å². The fourth-order valence-electron chi connectivity index (χ4n) is 1.53. The van der Waals surface area contributed by atoms with E-state index in [0.717, 1.165) is 0 Å². The molecule has 0 aliphatic carbocycles. The van der Waals surface area contributed by atoms with Gasteiger partial charge in [-0.05, 0) is 34.6 Å². The van der Waals surface area contributed by atoms with Crippen LogP contribution in [0.15, 0.2) is 0 Å². The van der Waals surface area contributed by atoms with Gasteiger partial charge in [-0.25, -0.2) is 9.59 Å². The van der Waals surface area contributed by atoms with Crippen LogP contribution in [-0.2, 0) is 14.3 Å². The summed E-state index contributed by atoms with van der Waals surface area (Å²) in [7, 11) is 0. The van der Waals surface area contributed by atoms with E-state index in [4.69, 9.17) is 9.84 Å². The Balaban J connectivity index is 4.63. The van der Waals surface area contributed by atoms with Gasteiger partial charge in [-0.1, -0.05) is 0 Å². The third-order valence-corrected chi connectivity index (χ3v) is 2.48. The molecule has 2 N–H and O–H groups in total. The molecule has 0 saturated carbocycles. The van der Waals surface area contributed by atoms with Crippen LogP contribution in [0.1, 0.15) is 41.0 Å². The van der Waals surface area contributed by atoms with Crippen molar-refractivity contribution in [2.45, 2.75) is 52.7 Å². The van der Waals surface area contributed by atoms with Crippen LogP contribution in [0.5, 0.6) is 0 Å². The van der Waals surface area contributed by atoms with E-state index in [1.54, 1.807) is 34.6 Å². The Hall–Kier alpha value is -1.79. The van der Waals surface area contributed by atoms with E-state index < -0.39 is 23.7 Å². The number of rotatable bonds is 6. The summed E-state index contributed by atoms with van der Waals surface area (Å²) in [6.45, 7) is 9.61. The van der Waals surface area contributed by atoms with Crippen molar-refractivity contribution < 1.29 is 24.2 Å². The standard InChI is InChI=1S/C13H24N2O5/c1-6-15(7-2)10(16)8-9(11(17)18)14-12(19)20-13(3,4)5/h9H,6-8H2,1-5H3,(H,14,19)(H,17,18)/t9-/m1/s1. The minimum absolute atomic E-state index is 0.295. The van der Waals surface area contributed by atoms with Crippen LogP contribution in [-0.4, -0.2) is 52.7 Å². The van der Waals surface area contributed by atoms with Gasteiger partial charge in [-0.2, -0.15) is 0 Å². The Morgan fingerprint density at radius 1 is 1.20 bits per heavy atom. The Kier molecular flexibility index (Phi) is 7.02. The first-order chi connectivity index (χ1) is 9.10. The van der Waals surface area contributed by atoms with Gasteiger partial charge in [0.1, 0.15) is 11.6 Å². The highest BCUT2D eigenvalue weighted by Gasteiger charge is 2.27. The van der Waals surface area contributed by atoms with E-state index >= 15 is 0 Å². The highest BCUT2D eigenvalue weighted by Crippen LogP contribution is 2.08. The molecule has 116 valence electrons. The summed E-state index contributed by atoms with van der Waals surface area (Å²) < 4.78 is 4.97. The molecule has 7 nitrogen and oxygen atoms in total. The van der Waals surface area contributed by atoms with Crippen LogP contribution in [0.25, 0.3) is 0 Å². The van der Waals surface area contributed by atoms with Gasteiger partial charge in [0.2, 0.25) is 5.91 Å². The van der Waals surface area contributed by atoms with Crippen molar-refractivity contribution in [3.8, 4) is 0 Å². The van der Waals surface area contributed by atoms with Crippen LogP contribution in [0.4, 0.5) is 4.79 Å². The molecule has 1 atom stereocenters. The van der Waals surface area contributed by atoms with E-state index in [-0.39, 0.29) is 12.3 Å². The molecule has 0 aromatic carbocycles. The van der Waals surface area contributed by atoms with Gasteiger partial charge in [0.25, 0.3) is 0 Å². The number of aliphatic carboxylic acids is 1. The zero-order chi connectivity index (χ0) is 15.9. The van der Waals surface area contributed by atoms with Crippen molar-refractivity contribution in [1.82, 2.24) is 10.2 Å². The van der Waals surface area contributed by atoms with Gasteiger partial charge in [0.15, 0.2) is 0 Å². The highest BCUT2D eigenvalue weighted by molar-refractivity contribution is 5.87. The number of hydrogen-bond donors (Lipinski definition) is 2. The fourth-order valence-corrected chi connectivity index (χ4v) is 1.53. The molecule has 0 bridgehead atoms. The van der Waals surface area contributed by atoms with Crippen LogP contribution >= 0.6 is 0 Å². The number of carboxylic acid groups (broad SMARTS) is 1. The maximum atomic E-state index is 11.9. The average Bonchev–Trinajstić information content (AvgIpc) is 2.26. The Morgan fingerprint density at radius 3 is 2.05 bits per heavy atom. The van der Waals surface area contributed by atoms with Crippen molar-refractivity contribution in [1.29, 1.82) is 0 Å². The SMILES string of the molecule is CCN(CC)C(=O)C[C@@H](NC(=O)OC(C)(C)C)C(=O)O. The predicted molar refractivity (Wildman–Crippen MR) is 73.3 cm³/mol. The second kappa shape index (κ2) is 7.72. The number of hydrogen-bond acceptors (Lipinski definition) is 4. The summed E-state index contributed by atoms with van der Waals surface area (Å²) in [5.41, 5.74) is -0.726. The lowest BCUT2D eigenvalue weighted by Gasteiger charge is -2.23. The number of carboxylic acids is 1. The third kappa shape index (κ3) is 6.96. The van der Waals surface area contributed by atoms with Gasteiger partial charge in [-0.3, -0.25) is 4.79 Å². The summed E-state index contributed by atoms with van der Waals surface area (Å²) in [6, 6.07) is -1.29. The summed E-state index contributed by atoms with van der Waals surface area (Å²) in [5.74, 6) is -1.59. The van der Waals surface area contributed by atoms with E-state index in [9.17, 15) is 14.4 Å². The molecule has 0 saturated heterocycles.